The lowest BCUT2D eigenvalue weighted by Gasteiger charge is -2.11. The second-order valence-electron chi connectivity index (χ2n) is 5.11. The van der Waals surface area contributed by atoms with E-state index in [0.717, 1.165) is 20.2 Å². The molecular formula is C16H15ClN2OS2. The number of nitrogens with zero attached hydrogens (tertiary/aromatic N) is 1. The van der Waals surface area contributed by atoms with Gasteiger partial charge in [-0.25, -0.2) is 4.98 Å². The van der Waals surface area contributed by atoms with Gasteiger partial charge in [-0.2, -0.15) is 0 Å². The number of halogens is 1. The quantitative estimate of drug-likeness (QED) is 0.668. The smallest absolute Gasteiger partial charge is 0.259 e. The Kier molecular flexibility index (Phi) is 4.30. The normalized spacial score (nSPS) is 12.7. The maximum atomic E-state index is 12.3. The van der Waals surface area contributed by atoms with Gasteiger partial charge in [-0.3, -0.25) is 4.79 Å². The molecule has 0 fully saturated rings. The van der Waals surface area contributed by atoms with Gasteiger partial charge in [0.05, 0.1) is 15.7 Å². The van der Waals surface area contributed by atoms with Crippen molar-refractivity contribution < 1.29 is 0 Å². The fourth-order valence-electron chi connectivity index (χ4n) is 2.25. The average Bonchev–Trinajstić information content (AvgIpc) is 2.76. The lowest BCUT2D eigenvalue weighted by atomic mass is 10.2. The summed E-state index contributed by atoms with van der Waals surface area (Å²) in [6, 6.07) is 7.69. The second-order valence-corrected chi connectivity index (χ2v) is 8.10. The first kappa shape index (κ1) is 15.6. The number of rotatable bonds is 3. The molecule has 0 aliphatic heterocycles. The number of hydrogen-bond acceptors (Lipinski definition) is 4. The van der Waals surface area contributed by atoms with Crippen LogP contribution in [0.2, 0.25) is 5.02 Å². The number of aromatic nitrogens is 2. The van der Waals surface area contributed by atoms with Crippen LogP contribution in [0.25, 0.3) is 10.2 Å². The van der Waals surface area contributed by atoms with Crippen molar-refractivity contribution in [2.75, 3.05) is 0 Å². The molecule has 22 heavy (non-hydrogen) atoms. The molecule has 0 aliphatic rings. The van der Waals surface area contributed by atoms with Gasteiger partial charge in [-0.05, 0) is 38.5 Å². The fourth-order valence-corrected chi connectivity index (χ4v) is 4.50. The summed E-state index contributed by atoms with van der Waals surface area (Å²) in [7, 11) is 0. The largest absolute Gasteiger partial charge is 0.309 e. The number of thioether (sulfide) groups is 1. The first-order valence-corrected chi connectivity index (χ1v) is 8.96. The maximum absolute atomic E-state index is 12.3. The highest BCUT2D eigenvalue weighted by Gasteiger charge is 2.16. The number of benzene rings is 1. The SMILES string of the molecule is Cc1sc2nc([C@H](C)Sc3ccccc3Cl)[nH]c(=O)c2c1C. The van der Waals surface area contributed by atoms with Crippen LogP contribution in [0.15, 0.2) is 34.0 Å². The maximum Gasteiger partial charge on any atom is 0.259 e. The Morgan fingerprint density at radius 2 is 2.05 bits per heavy atom. The summed E-state index contributed by atoms with van der Waals surface area (Å²) >= 11 is 9.35. The molecule has 0 radical (unpaired) electrons. The highest BCUT2D eigenvalue weighted by molar-refractivity contribution is 7.99. The van der Waals surface area contributed by atoms with Crippen LogP contribution in [-0.2, 0) is 0 Å². The molecule has 1 aromatic carbocycles. The zero-order valence-corrected chi connectivity index (χ0v) is 14.8. The van der Waals surface area contributed by atoms with Gasteiger partial charge in [-0.1, -0.05) is 23.7 Å². The Hall–Kier alpha value is -1.30. The molecule has 0 saturated heterocycles. The van der Waals surface area contributed by atoms with Crippen molar-refractivity contribution in [3.8, 4) is 0 Å². The number of aryl methyl sites for hydroxylation is 2. The van der Waals surface area contributed by atoms with Gasteiger partial charge in [0.2, 0.25) is 0 Å². The molecule has 0 spiro atoms. The van der Waals surface area contributed by atoms with E-state index in [1.54, 1.807) is 23.1 Å². The highest BCUT2D eigenvalue weighted by Crippen LogP contribution is 2.37. The van der Waals surface area contributed by atoms with E-state index in [0.29, 0.717) is 16.2 Å². The van der Waals surface area contributed by atoms with Gasteiger partial charge in [-0.15, -0.1) is 23.1 Å². The molecule has 0 amide bonds. The highest BCUT2D eigenvalue weighted by atomic mass is 35.5. The zero-order chi connectivity index (χ0) is 15.9. The minimum atomic E-state index is -0.0616. The summed E-state index contributed by atoms with van der Waals surface area (Å²) < 4.78 is 0. The third-order valence-corrected chi connectivity index (χ3v) is 6.31. The number of fused-ring (bicyclic) bond motifs is 1. The summed E-state index contributed by atoms with van der Waals surface area (Å²) in [6.45, 7) is 6.00. The summed E-state index contributed by atoms with van der Waals surface area (Å²) in [5, 5.41) is 1.44. The van der Waals surface area contributed by atoms with Crippen molar-refractivity contribution in [3.05, 3.63) is 55.9 Å². The number of hydrogen-bond donors (Lipinski definition) is 1. The van der Waals surface area contributed by atoms with Crippen LogP contribution in [0, 0.1) is 13.8 Å². The Labute approximate surface area is 141 Å². The van der Waals surface area contributed by atoms with E-state index in [1.165, 1.54) is 0 Å². The number of H-pyrrole nitrogens is 1. The van der Waals surface area contributed by atoms with Crippen LogP contribution >= 0.6 is 34.7 Å². The van der Waals surface area contributed by atoms with Crippen LogP contribution in [0.5, 0.6) is 0 Å². The van der Waals surface area contributed by atoms with E-state index in [9.17, 15) is 4.79 Å². The Morgan fingerprint density at radius 1 is 1.32 bits per heavy atom. The van der Waals surface area contributed by atoms with E-state index in [4.69, 9.17) is 11.6 Å². The predicted octanol–water partition coefficient (Wildman–Crippen LogP) is 5.11. The van der Waals surface area contributed by atoms with Gasteiger partial charge in [0, 0.05) is 9.77 Å². The number of aromatic amines is 1. The second kappa shape index (κ2) is 6.07. The summed E-state index contributed by atoms with van der Waals surface area (Å²) in [5.74, 6) is 0.684. The minimum absolute atomic E-state index is 0.0136. The van der Waals surface area contributed by atoms with E-state index in [-0.39, 0.29) is 10.8 Å². The first-order valence-electron chi connectivity index (χ1n) is 6.88. The third kappa shape index (κ3) is 2.81. The lowest BCUT2D eigenvalue weighted by molar-refractivity contribution is 0.925. The monoisotopic (exact) mass is 350 g/mol. The van der Waals surface area contributed by atoms with Crippen molar-refractivity contribution in [1.29, 1.82) is 0 Å². The molecule has 114 valence electrons. The van der Waals surface area contributed by atoms with E-state index in [1.807, 2.05) is 45.0 Å². The van der Waals surface area contributed by atoms with Gasteiger partial charge in [0.1, 0.15) is 10.7 Å². The summed E-state index contributed by atoms with van der Waals surface area (Å²) in [4.78, 5) is 22.8. The Balaban J connectivity index is 2.00. The molecule has 0 aliphatic carbocycles. The summed E-state index contributed by atoms with van der Waals surface area (Å²) in [5.41, 5.74) is 0.958. The molecule has 1 N–H and O–H groups in total. The van der Waals surface area contributed by atoms with Crippen molar-refractivity contribution in [1.82, 2.24) is 9.97 Å². The molecule has 3 aromatic rings. The molecule has 3 rings (SSSR count). The molecule has 3 nitrogen and oxygen atoms in total. The predicted molar refractivity (Wildman–Crippen MR) is 95.4 cm³/mol. The van der Waals surface area contributed by atoms with Gasteiger partial charge >= 0.3 is 0 Å². The molecule has 0 unspecified atom stereocenters. The fraction of sp³-hybridized carbons (Fsp3) is 0.250. The van der Waals surface area contributed by atoms with Crippen molar-refractivity contribution in [2.24, 2.45) is 0 Å². The average molecular weight is 351 g/mol. The van der Waals surface area contributed by atoms with E-state index < -0.39 is 0 Å². The minimum Gasteiger partial charge on any atom is -0.309 e. The van der Waals surface area contributed by atoms with Crippen molar-refractivity contribution in [2.45, 2.75) is 30.9 Å². The van der Waals surface area contributed by atoms with Crippen molar-refractivity contribution in [3.63, 3.8) is 0 Å². The molecular weight excluding hydrogens is 336 g/mol. The van der Waals surface area contributed by atoms with Crippen LogP contribution in [-0.4, -0.2) is 9.97 Å². The van der Waals surface area contributed by atoms with Gasteiger partial charge in [0.25, 0.3) is 5.56 Å². The molecule has 0 saturated carbocycles. The lowest BCUT2D eigenvalue weighted by Crippen LogP contribution is -2.12. The molecule has 0 bridgehead atoms. The van der Waals surface area contributed by atoms with Crippen molar-refractivity contribution >= 4 is 44.9 Å². The van der Waals surface area contributed by atoms with Crippen LogP contribution in [0.1, 0.15) is 28.4 Å². The zero-order valence-electron chi connectivity index (χ0n) is 12.4. The Morgan fingerprint density at radius 3 is 2.77 bits per heavy atom. The van der Waals surface area contributed by atoms with Crippen LogP contribution in [0.4, 0.5) is 0 Å². The standard InChI is InChI=1S/C16H15ClN2OS2/c1-8-9(2)22-16-13(8)15(20)18-14(19-16)10(3)21-12-7-5-4-6-11(12)17/h4-7,10H,1-3H3,(H,18,19,20)/t10-/m0/s1. The van der Waals surface area contributed by atoms with Gasteiger partial charge in [0.15, 0.2) is 0 Å². The molecule has 1 atom stereocenters. The van der Waals surface area contributed by atoms with Gasteiger partial charge < -0.3 is 4.98 Å². The molecule has 2 heterocycles. The van der Waals surface area contributed by atoms with E-state index >= 15 is 0 Å². The van der Waals surface area contributed by atoms with Crippen LogP contribution < -0.4 is 5.56 Å². The first-order chi connectivity index (χ1) is 10.5. The molecule has 2 aromatic heterocycles. The molecule has 6 heteroatoms. The summed E-state index contributed by atoms with van der Waals surface area (Å²) in [6.07, 6.45) is 0. The van der Waals surface area contributed by atoms with E-state index in [2.05, 4.69) is 9.97 Å². The number of nitrogens with one attached hydrogen (secondary N) is 1. The Bertz CT molecular complexity index is 901. The van der Waals surface area contributed by atoms with Crippen LogP contribution in [0.3, 0.4) is 0 Å². The third-order valence-electron chi connectivity index (χ3n) is 3.58. The topological polar surface area (TPSA) is 45.8 Å². The number of thiophene rings is 1.